The van der Waals surface area contributed by atoms with Crippen LogP contribution in [0.4, 0.5) is 4.79 Å². The van der Waals surface area contributed by atoms with Gasteiger partial charge in [0.05, 0.1) is 0 Å². The number of rotatable bonds is 3. The van der Waals surface area contributed by atoms with Gasteiger partial charge in [-0.3, -0.25) is 0 Å². The molecule has 1 saturated carbocycles. The lowest BCUT2D eigenvalue weighted by Crippen LogP contribution is -2.40. The van der Waals surface area contributed by atoms with Crippen molar-refractivity contribution in [3.05, 3.63) is 0 Å². The molecule has 1 fully saturated rings. The van der Waals surface area contributed by atoms with Crippen molar-refractivity contribution in [3.63, 3.8) is 0 Å². The summed E-state index contributed by atoms with van der Waals surface area (Å²) >= 11 is 0. The van der Waals surface area contributed by atoms with Gasteiger partial charge in [0.25, 0.3) is 0 Å². The van der Waals surface area contributed by atoms with Crippen molar-refractivity contribution in [3.8, 4) is 0 Å². The summed E-state index contributed by atoms with van der Waals surface area (Å²) in [6.45, 7) is 3.59. The van der Waals surface area contributed by atoms with Crippen LogP contribution in [0.2, 0.25) is 0 Å². The average molecular weight is 198 g/mol. The summed E-state index contributed by atoms with van der Waals surface area (Å²) in [5, 5.41) is 2.82. The Kier molecular flexibility index (Phi) is 4.77. The van der Waals surface area contributed by atoms with E-state index in [9.17, 15) is 4.79 Å². The summed E-state index contributed by atoms with van der Waals surface area (Å²) in [4.78, 5) is 13.3. The fraction of sp³-hybridized carbons (Fsp3) is 0.909. The molecule has 0 saturated heterocycles. The highest BCUT2D eigenvalue weighted by Gasteiger charge is 2.17. The van der Waals surface area contributed by atoms with E-state index in [0.717, 1.165) is 12.5 Å². The molecule has 3 heteroatoms. The van der Waals surface area contributed by atoms with Gasteiger partial charge in [0.2, 0.25) is 0 Å². The summed E-state index contributed by atoms with van der Waals surface area (Å²) in [5.41, 5.74) is 0. The van der Waals surface area contributed by atoms with Gasteiger partial charge in [-0.05, 0) is 25.7 Å². The Bertz CT molecular complexity index is 176. The van der Waals surface area contributed by atoms with Crippen LogP contribution < -0.4 is 5.32 Å². The van der Waals surface area contributed by atoms with Crippen LogP contribution in [-0.2, 0) is 0 Å². The van der Waals surface area contributed by atoms with Crippen molar-refractivity contribution in [1.82, 2.24) is 10.2 Å². The lowest BCUT2D eigenvalue weighted by atomic mass is 9.89. The van der Waals surface area contributed by atoms with Gasteiger partial charge in [-0.2, -0.15) is 0 Å². The van der Waals surface area contributed by atoms with Crippen LogP contribution in [0.5, 0.6) is 0 Å². The van der Waals surface area contributed by atoms with Gasteiger partial charge >= 0.3 is 6.03 Å². The molecule has 0 aliphatic heterocycles. The number of nitrogens with one attached hydrogen (secondary N) is 1. The van der Waals surface area contributed by atoms with E-state index in [4.69, 9.17) is 0 Å². The fourth-order valence-electron chi connectivity index (χ4n) is 2.13. The standard InChI is InChI=1S/C11H22N2O/c1-3-12-11(14)13(2)9-10-7-5-4-6-8-10/h10H,3-9H2,1-2H3,(H,12,14). The van der Waals surface area contributed by atoms with Crippen LogP contribution >= 0.6 is 0 Å². The van der Waals surface area contributed by atoms with E-state index in [1.165, 1.54) is 32.1 Å². The molecule has 0 aromatic carbocycles. The number of hydrogen-bond donors (Lipinski definition) is 1. The summed E-state index contributed by atoms with van der Waals surface area (Å²) in [6.07, 6.45) is 6.65. The fourth-order valence-corrected chi connectivity index (χ4v) is 2.13. The molecule has 0 spiro atoms. The third-order valence-electron chi connectivity index (χ3n) is 2.93. The van der Waals surface area contributed by atoms with Crippen molar-refractivity contribution in [2.24, 2.45) is 5.92 Å². The van der Waals surface area contributed by atoms with Crippen LogP contribution in [0.3, 0.4) is 0 Å². The lowest BCUT2D eigenvalue weighted by molar-refractivity contribution is 0.193. The first kappa shape index (κ1) is 11.3. The summed E-state index contributed by atoms with van der Waals surface area (Å²) < 4.78 is 0. The molecule has 1 rings (SSSR count). The van der Waals surface area contributed by atoms with Crippen molar-refractivity contribution in [1.29, 1.82) is 0 Å². The maximum Gasteiger partial charge on any atom is 0.317 e. The van der Waals surface area contributed by atoms with Crippen LogP contribution in [-0.4, -0.2) is 31.1 Å². The molecule has 0 unspecified atom stereocenters. The average Bonchev–Trinajstić information content (AvgIpc) is 2.19. The van der Waals surface area contributed by atoms with E-state index in [0.29, 0.717) is 6.54 Å². The van der Waals surface area contributed by atoms with Gasteiger partial charge in [0, 0.05) is 20.1 Å². The van der Waals surface area contributed by atoms with Gasteiger partial charge in [-0.25, -0.2) is 4.79 Å². The molecule has 1 aliphatic carbocycles. The van der Waals surface area contributed by atoms with Crippen molar-refractivity contribution in [2.45, 2.75) is 39.0 Å². The van der Waals surface area contributed by atoms with Gasteiger partial charge in [-0.1, -0.05) is 19.3 Å². The molecule has 0 aromatic rings. The summed E-state index contributed by atoms with van der Waals surface area (Å²) in [5.74, 6) is 0.733. The molecular weight excluding hydrogens is 176 g/mol. The van der Waals surface area contributed by atoms with E-state index in [1.54, 1.807) is 0 Å². The number of nitrogens with zero attached hydrogens (tertiary/aromatic N) is 1. The molecule has 1 aliphatic rings. The van der Waals surface area contributed by atoms with Gasteiger partial charge in [0.15, 0.2) is 0 Å². The molecule has 2 amide bonds. The maximum absolute atomic E-state index is 11.4. The monoisotopic (exact) mass is 198 g/mol. The van der Waals surface area contributed by atoms with Crippen LogP contribution in [0, 0.1) is 5.92 Å². The minimum Gasteiger partial charge on any atom is -0.338 e. The van der Waals surface area contributed by atoms with Gasteiger partial charge in [0.1, 0.15) is 0 Å². The van der Waals surface area contributed by atoms with Gasteiger partial charge < -0.3 is 10.2 Å². The molecular formula is C11H22N2O. The third-order valence-corrected chi connectivity index (χ3v) is 2.93. The summed E-state index contributed by atoms with van der Waals surface area (Å²) in [7, 11) is 1.89. The maximum atomic E-state index is 11.4. The number of amides is 2. The SMILES string of the molecule is CCNC(=O)N(C)CC1CCCCC1. The van der Waals surface area contributed by atoms with E-state index < -0.39 is 0 Å². The predicted molar refractivity (Wildman–Crippen MR) is 58.3 cm³/mol. The van der Waals surface area contributed by atoms with E-state index >= 15 is 0 Å². The lowest BCUT2D eigenvalue weighted by Gasteiger charge is -2.27. The molecule has 82 valence electrons. The molecule has 0 bridgehead atoms. The van der Waals surface area contributed by atoms with E-state index in [1.807, 2.05) is 18.9 Å². The van der Waals surface area contributed by atoms with E-state index in [-0.39, 0.29) is 6.03 Å². The first-order valence-electron chi connectivity index (χ1n) is 5.73. The Hall–Kier alpha value is -0.730. The zero-order chi connectivity index (χ0) is 10.4. The Morgan fingerprint density at radius 1 is 1.36 bits per heavy atom. The van der Waals surface area contributed by atoms with Crippen molar-refractivity contribution < 1.29 is 4.79 Å². The number of urea groups is 1. The molecule has 3 nitrogen and oxygen atoms in total. The molecule has 0 aromatic heterocycles. The number of hydrogen-bond acceptors (Lipinski definition) is 1. The minimum atomic E-state index is 0.0677. The smallest absolute Gasteiger partial charge is 0.317 e. The first-order valence-corrected chi connectivity index (χ1v) is 5.73. The normalized spacial score (nSPS) is 17.9. The largest absolute Gasteiger partial charge is 0.338 e. The third kappa shape index (κ3) is 3.56. The molecule has 0 atom stereocenters. The zero-order valence-electron chi connectivity index (χ0n) is 9.38. The molecule has 0 radical (unpaired) electrons. The first-order chi connectivity index (χ1) is 6.74. The van der Waals surface area contributed by atoms with E-state index in [2.05, 4.69) is 5.32 Å². The topological polar surface area (TPSA) is 32.3 Å². The zero-order valence-corrected chi connectivity index (χ0v) is 9.38. The minimum absolute atomic E-state index is 0.0677. The number of carbonyl (C=O) groups excluding carboxylic acids is 1. The highest BCUT2D eigenvalue weighted by Crippen LogP contribution is 2.23. The Labute approximate surface area is 86.9 Å². The Morgan fingerprint density at radius 2 is 2.00 bits per heavy atom. The quantitative estimate of drug-likeness (QED) is 0.741. The highest BCUT2D eigenvalue weighted by atomic mass is 16.2. The van der Waals surface area contributed by atoms with Gasteiger partial charge in [-0.15, -0.1) is 0 Å². The second kappa shape index (κ2) is 5.89. The molecule has 14 heavy (non-hydrogen) atoms. The predicted octanol–water partition coefficient (Wildman–Crippen LogP) is 2.23. The molecule has 0 heterocycles. The van der Waals surface area contributed by atoms with Crippen LogP contribution in [0.25, 0.3) is 0 Å². The molecule has 1 N–H and O–H groups in total. The van der Waals surface area contributed by atoms with Crippen LogP contribution in [0.1, 0.15) is 39.0 Å². The van der Waals surface area contributed by atoms with Crippen molar-refractivity contribution in [2.75, 3.05) is 20.1 Å². The Balaban J connectivity index is 2.24. The Morgan fingerprint density at radius 3 is 2.57 bits per heavy atom. The number of carbonyl (C=O) groups is 1. The second-order valence-corrected chi connectivity index (χ2v) is 4.22. The van der Waals surface area contributed by atoms with Crippen molar-refractivity contribution >= 4 is 6.03 Å². The van der Waals surface area contributed by atoms with Crippen LogP contribution in [0.15, 0.2) is 0 Å². The summed E-state index contributed by atoms with van der Waals surface area (Å²) in [6, 6.07) is 0.0677. The second-order valence-electron chi connectivity index (χ2n) is 4.22. The highest BCUT2D eigenvalue weighted by molar-refractivity contribution is 5.73.